The first-order valence-electron chi connectivity index (χ1n) is 7.04. The van der Waals surface area contributed by atoms with Crippen LogP contribution in [0.5, 0.6) is 0 Å². The number of imidazole rings is 1. The van der Waals surface area contributed by atoms with Crippen LogP contribution in [0.4, 0.5) is 17.1 Å². The van der Waals surface area contributed by atoms with Gasteiger partial charge in [0.25, 0.3) is 10.9 Å². The quantitative estimate of drug-likeness (QED) is 0.503. The molecule has 0 aliphatic carbocycles. The molecule has 6 heteroatoms. The average molecular weight is 304 g/mol. The maximum Gasteiger partial charge on any atom is 0.253 e. The van der Waals surface area contributed by atoms with Gasteiger partial charge in [-0.15, -0.1) is 0 Å². The molecule has 0 spiro atoms. The Morgan fingerprint density at radius 2 is 1.83 bits per heavy atom. The summed E-state index contributed by atoms with van der Waals surface area (Å²) in [6.07, 6.45) is 0. The molecule has 3 aromatic carbocycles. The van der Waals surface area contributed by atoms with Gasteiger partial charge in [0.2, 0.25) is 0 Å². The minimum absolute atomic E-state index is 0.0239. The Morgan fingerprint density at radius 3 is 2.61 bits per heavy atom. The van der Waals surface area contributed by atoms with Crippen LogP contribution in [0.2, 0.25) is 0 Å². The molecule has 0 radical (unpaired) electrons. The molecule has 0 saturated carbocycles. The van der Waals surface area contributed by atoms with E-state index in [0.29, 0.717) is 5.69 Å². The first-order valence-corrected chi connectivity index (χ1v) is 7.04. The molecule has 4 rings (SSSR count). The molecule has 6 nitrogen and oxygen atoms in total. The standard InChI is InChI=1S/C17H12N4O2/c18-13-14(16(23)15(13)22)19-10-5-3-4-9(8-10)17-20-11-6-1-2-7-12(11)21-17/h1-8,19H,18H2,(H,20,21). The third-order valence-corrected chi connectivity index (χ3v) is 3.74. The summed E-state index contributed by atoms with van der Waals surface area (Å²) in [5.74, 6) is 0.729. The third kappa shape index (κ3) is 2.08. The lowest BCUT2D eigenvalue weighted by Crippen LogP contribution is -2.36. The Labute approximate surface area is 130 Å². The fraction of sp³-hybridized carbons (Fsp3) is 0. The summed E-state index contributed by atoms with van der Waals surface area (Å²) in [7, 11) is 0. The lowest BCUT2D eigenvalue weighted by molar-refractivity contribution is 1.33. The minimum atomic E-state index is -0.638. The minimum Gasteiger partial charge on any atom is -0.394 e. The van der Waals surface area contributed by atoms with Gasteiger partial charge in [0.15, 0.2) is 0 Å². The van der Waals surface area contributed by atoms with E-state index in [1.165, 1.54) is 0 Å². The number of aromatic nitrogens is 2. The number of hydrogen-bond acceptors (Lipinski definition) is 5. The predicted octanol–water partition coefficient (Wildman–Crippen LogP) is 2.15. The van der Waals surface area contributed by atoms with Crippen LogP contribution in [0.15, 0.2) is 58.1 Å². The van der Waals surface area contributed by atoms with E-state index in [1.54, 1.807) is 6.07 Å². The molecular weight excluding hydrogens is 292 g/mol. The van der Waals surface area contributed by atoms with Crippen molar-refractivity contribution in [3.8, 4) is 11.4 Å². The summed E-state index contributed by atoms with van der Waals surface area (Å²) in [6.45, 7) is 0. The van der Waals surface area contributed by atoms with Crippen molar-refractivity contribution in [2.45, 2.75) is 0 Å². The molecule has 0 aliphatic heterocycles. The number of nitrogens with one attached hydrogen (secondary N) is 2. The Balaban J connectivity index is 1.71. The highest BCUT2D eigenvalue weighted by Crippen LogP contribution is 2.25. The second-order valence-electron chi connectivity index (χ2n) is 5.26. The fourth-order valence-electron chi connectivity index (χ4n) is 2.51. The normalized spacial score (nSPS) is 11.1. The number of nitrogens with two attached hydrogens (primary N) is 1. The molecule has 4 aromatic rings. The second kappa shape index (κ2) is 4.81. The number of fused-ring (bicyclic) bond motifs is 1. The van der Waals surface area contributed by atoms with Gasteiger partial charge in [-0.1, -0.05) is 24.3 Å². The van der Waals surface area contributed by atoms with E-state index in [2.05, 4.69) is 15.3 Å². The van der Waals surface area contributed by atoms with Crippen LogP contribution in [0.3, 0.4) is 0 Å². The largest absolute Gasteiger partial charge is 0.394 e. The molecule has 0 fully saturated rings. The van der Waals surface area contributed by atoms with Gasteiger partial charge in [-0.3, -0.25) is 9.59 Å². The molecule has 0 aliphatic rings. The van der Waals surface area contributed by atoms with Gasteiger partial charge in [-0.05, 0) is 24.3 Å². The maximum atomic E-state index is 11.5. The van der Waals surface area contributed by atoms with Crippen molar-refractivity contribution in [1.29, 1.82) is 0 Å². The van der Waals surface area contributed by atoms with Crippen molar-refractivity contribution < 1.29 is 0 Å². The number of hydrogen-bond donors (Lipinski definition) is 3. The molecule has 112 valence electrons. The average Bonchev–Trinajstić information content (AvgIpc) is 3.03. The van der Waals surface area contributed by atoms with E-state index >= 15 is 0 Å². The Morgan fingerprint density at radius 1 is 1.00 bits per heavy atom. The van der Waals surface area contributed by atoms with E-state index in [-0.39, 0.29) is 11.4 Å². The highest BCUT2D eigenvalue weighted by Gasteiger charge is 2.18. The van der Waals surface area contributed by atoms with Crippen LogP contribution in [-0.2, 0) is 0 Å². The number of nitrogen functional groups attached to an aromatic ring is 1. The highest BCUT2D eigenvalue weighted by atomic mass is 16.2. The Bertz CT molecular complexity index is 1070. The molecule has 0 amide bonds. The van der Waals surface area contributed by atoms with Crippen LogP contribution < -0.4 is 21.9 Å². The molecule has 0 bridgehead atoms. The van der Waals surface area contributed by atoms with Crippen molar-refractivity contribution in [2.24, 2.45) is 0 Å². The third-order valence-electron chi connectivity index (χ3n) is 3.74. The lowest BCUT2D eigenvalue weighted by atomic mass is 10.1. The van der Waals surface area contributed by atoms with Crippen LogP contribution in [-0.4, -0.2) is 9.97 Å². The van der Waals surface area contributed by atoms with E-state index < -0.39 is 10.9 Å². The number of benzene rings is 2. The topological polar surface area (TPSA) is 101 Å². The predicted molar refractivity (Wildman–Crippen MR) is 90.6 cm³/mol. The summed E-state index contributed by atoms with van der Waals surface area (Å²) >= 11 is 0. The van der Waals surface area contributed by atoms with E-state index in [1.807, 2.05) is 42.5 Å². The Hall–Kier alpha value is -3.41. The van der Waals surface area contributed by atoms with Crippen molar-refractivity contribution >= 4 is 28.1 Å². The molecule has 0 saturated heterocycles. The van der Waals surface area contributed by atoms with Crippen LogP contribution in [0.1, 0.15) is 0 Å². The highest BCUT2D eigenvalue weighted by molar-refractivity contribution is 5.81. The molecule has 0 unspecified atom stereocenters. The first-order chi connectivity index (χ1) is 11.1. The first kappa shape index (κ1) is 13.3. The number of para-hydroxylation sites is 2. The zero-order valence-electron chi connectivity index (χ0n) is 12.0. The van der Waals surface area contributed by atoms with Gasteiger partial charge < -0.3 is 16.0 Å². The SMILES string of the molecule is Nc1c(Nc2cccc(-c3nc4ccccc4[nH]3)c2)c(=O)c1=O. The molecule has 23 heavy (non-hydrogen) atoms. The van der Waals surface area contributed by atoms with Gasteiger partial charge in [0.1, 0.15) is 17.2 Å². The Kier molecular flexibility index (Phi) is 2.77. The molecule has 1 heterocycles. The van der Waals surface area contributed by atoms with Gasteiger partial charge in [0, 0.05) is 11.3 Å². The second-order valence-corrected chi connectivity index (χ2v) is 5.26. The number of anilines is 3. The summed E-state index contributed by atoms with van der Waals surface area (Å²) in [5.41, 5.74) is 7.80. The van der Waals surface area contributed by atoms with Gasteiger partial charge in [0.05, 0.1) is 11.0 Å². The molecular formula is C17H12N4O2. The van der Waals surface area contributed by atoms with E-state index in [9.17, 15) is 9.59 Å². The van der Waals surface area contributed by atoms with Crippen molar-refractivity contribution in [1.82, 2.24) is 9.97 Å². The lowest BCUT2D eigenvalue weighted by Gasteiger charge is -2.10. The van der Waals surface area contributed by atoms with Gasteiger partial charge in [-0.2, -0.15) is 0 Å². The van der Waals surface area contributed by atoms with Crippen molar-refractivity contribution in [3.63, 3.8) is 0 Å². The van der Waals surface area contributed by atoms with Crippen LogP contribution in [0.25, 0.3) is 22.4 Å². The molecule has 1 aromatic heterocycles. The monoisotopic (exact) mass is 304 g/mol. The maximum absolute atomic E-state index is 11.5. The zero-order chi connectivity index (χ0) is 16.0. The number of nitrogens with zero attached hydrogens (tertiary/aromatic N) is 1. The van der Waals surface area contributed by atoms with E-state index in [0.717, 1.165) is 22.4 Å². The smallest absolute Gasteiger partial charge is 0.253 e. The van der Waals surface area contributed by atoms with Crippen LogP contribution >= 0.6 is 0 Å². The summed E-state index contributed by atoms with van der Waals surface area (Å²) in [5, 5.41) is 2.89. The number of rotatable bonds is 3. The van der Waals surface area contributed by atoms with Crippen molar-refractivity contribution in [3.05, 3.63) is 69.0 Å². The summed E-state index contributed by atoms with van der Waals surface area (Å²) in [6, 6.07) is 15.1. The van der Waals surface area contributed by atoms with E-state index in [4.69, 9.17) is 5.73 Å². The molecule has 4 N–H and O–H groups in total. The van der Waals surface area contributed by atoms with Gasteiger partial charge in [-0.25, -0.2) is 4.98 Å². The summed E-state index contributed by atoms with van der Waals surface area (Å²) in [4.78, 5) is 30.4. The number of H-pyrrole nitrogens is 1. The zero-order valence-corrected chi connectivity index (χ0v) is 12.0. The molecule has 0 atom stereocenters. The van der Waals surface area contributed by atoms with Crippen LogP contribution in [0, 0.1) is 0 Å². The fourth-order valence-corrected chi connectivity index (χ4v) is 2.51. The summed E-state index contributed by atoms with van der Waals surface area (Å²) < 4.78 is 0. The van der Waals surface area contributed by atoms with Gasteiger partial charge >= 0.3 is 0 Å². The van der Waals surface area contributed by atoms with Crippen molar-refractivity contribution in [2.75, 3.05) is 11.1 Å². The number of aromatic amines is 1.